The third-order valence-corrected chi connectivity index (χ3v) is 3.68. The maximum Gasteiger partial charge on any atom is 0.233 e. The number of ether oxygens (including phenoxy) is 1. The van der Waals surface area contributed by atoms with Crippen LogP contribution < -0.4 is 4.74 Å². The van der Waals surface area contributed by atoms with Crippen LogP contribution in [0.3, 0.4) is 0 Å². The van der Waals surface area contributed by atoms with E-state index in [9.17, 15) is 9.59 Å². The van der Waals surface area contributed by atoms with E-state index in [-0.39, 0.29) is 30.2 Å². The highest BCUT2D eigenvalue weighted by Gasteiger charge is 2.58. The summed E-state index contributed by atoms with van der Waals surface area (Å²) < 4.78 is 5.06. The fourth-order valence-electron chi connectivity index (χ4n) is 2.53. The molecule has 2 amide bonds. The number of imide groups is 1. The molecule has 0 bridgehead atoms. The van der Waals surface area contributed by atoms with E-state index in [1.165, 1.54) is 12.0 Å². The highest BCUT2D eigenvalue weighted by molar-refractivity contribution is 6.08. The van der Waals surface area contributed by atoms with E-state index in [1.807, 2.05) is 6.07 Å². The molecule has 2 aliphatic rings. The molecule has 1 heterocycles. The topological polar surface area (TPSA) is 70.4 Å². The Morgan fingerprint density at radius 3 is 2.63 bits per heavy atom. The van der Waals surface area contributed by atoms with Gasteiger partial charge in [-0.1, -0.05) is 6.07 Å². The first kappa shape index (κ1) is 11.7. The van der Waals surface area contributed by atoms with Crippen molar-refractivity contribution < 1.29 is 14.3 Å². The van der Waals surface area contributed by atoms with Crippen molar-refractivity contribution in [1.29, 1.82) is 5.26 Å². The summed E-state index contributed by atoms with van der Waals surface area (Å²) in [7, 11) is 1.50. The Bertz CT molecular complexity index is 598. The zero-order valence-electron chi connectivity index (χ0n) is 10.4. The minimum absolute atomic E-state index is 0.0793. The van der Waals surface area contributed by atoms with E-state index in [4.69, 9.17) is 10.00 Å². The van der Waals surface area contributed by atoms with E-state index < -0.39 is 0 Å². The van der Waals surface area contributed by atoms with Crippen LogP contribution in [0.15, 0.2) is 18.2 Å². The molecule has 1 aliphatic carbocycles. The lowest BCUT2D eigenvalue weighted by Crippen LogP contribution is -2.32. The van der Waals surface area contributed by atoms with Gasteiger partial charge in [-0.2, -0.15) is 5.26 Å². The van der Waals surface area contributed by atoms with Gasteiger partial charge in [-0.25, -0.2) is 0 Å². The predicted molar refractivity (Wildman–Crippen MR) is 64.9 cm³/mol. The van der Waals surface area contributed by atoms with Crippen LogP contribution in [-0.2, 0) is 16.1 Å². The van der Waals surface area contributed by atoms with E-state index in [1.54, 1.807) is 18.2 Å². The molecule has 3 rings (SSSR count). The summed E-state index contributed by atoms with van der Waals surface area (Å²) in [5.41, 5.74) is 1.17. The van der Waals surface area contributed by atoms with Gasteiger partial charge in [0, 0.05) is 0 Å². The number of nitrogens with zero attached hydrogens (tertiary/aromatic N) is 2. The fourth-order valence-corrected chi connectivity index (χ4v) is 2.53. The van der Waals surface area contributed by atoms with E-state index in [0.29, 0.717) is 17.7 Å². The molecule has 5 nitrogen and oxygen atoms in total. The van der Waals surface area contributed by atoms with E-state index in [2.05, 4.69) is 0 Å². The summed E-state index contributed by atoms with van der Waals surface area (Å²) in [6.07, 6.45) is 0.709. The van der Waals surface area contributed by atoms with Gasteiger partial charge >= 0.3 is 0 Å². The molecule has 0 aromatic heterocycles. The molecule has 1 saturated heterocycles. The van der Waals surface area contributed by atoms with Crippen molar-refractivity contribution in [3.63, 3.8) is 0 Å². The Labute approximate surface area is 110 Å². The van der Waals surface area contributed by atoms with Crippen LogP contribution in [0.4, 0.5) is 0 Å². The van der Waals surface area contributed by atoms with Crippen LogP contribution in [0.1, 0.15) is 17.5 Å². The molecule has 1 aromatic rings. The lowest BCUT2D eigenvalue weighted by molar-refractivity contribution is -0.142. The number of fused-ring (bicyclic) bond motifs is 1. The standard InChI is InChI=1S/C14H12N2O3/c1-19-12-3-2-8(4-9(12)6-15)7-16-13(17)10-5-11(10)14(16)18/h2-4,10-11H,5,7H2,1H3. The lowest BCUT2D eigenvalue weighted by Gasteiger charge is -2.16. The van der Waals surface area contributed by atoms with Crippen molar-refractivity contribution >= 4 is 11.8 Å². The molecular formula is C14H12N2O3. The molecule has 5 heteroatoms. The fraction of sp³-hybridized carbons (Fsp3) is 0.357. The van der Waals surface area contributed by atoms with Gasteiger partial charge in [0.05, 0.1) is 31.1 Å². The Kier molecular flexibility index (Phi) is 2.53. The van der Waals surface area contributed by atoms with E-state index in [0.717, 1.165) is 5.56 Å². The Balaban J connectivity index is 1.83. The van der Waals surface area contributed by atoms with Crippen LogP contribution in [0.25, 0.3) is 0 Å². The number of nitriles is 1. The van der Waals surface area contributed by atoms with Crippen LogP contribution in [-0.4, -0.2) is 23.8 Å². The number of likely N-dealkylation sites (tertiary alicyclic amines) is 1. The molecule has 1 aromatic carbocycles. The van der Waals surface area contributed by atoms with Crippen molar-refractivity contribution in [1.82, 2.24) is 4.90 Å². The van der Waals surface area contributed by atoms with Crippen molar-refractivity contribution in [2.24, 2.45) is 11.8 Å². The monoisotopic (exact) mass is 256 g/mol. The molecule has 2 fully saturated rings. The van der Waals surface area contributed by atoms with Crippen LogP contribution in [0.2, 0.25) is 0 Å². The summed E-state index contributed by atoms with van der Waals surface area (Å²) in [6, 6.07) is 7.14. The molecule has 2 unspecified atom stereocenters. The number of carbonyl (C=O) groups excluding carboxylic acids is 2. The largest absolute Gasteiger partial charge is 0.495 e. The maximum atomic E-state index is 11.9. The van der Waals surface area contributed by atoms with Gasteiger partial charge in [-0.15, -0.1) is 0 Å². The molecular weight excluding hydrogens is 244 g/mol. The van der Waals surface area contributed by atoms with Crippen molar-refractivity contribution in [2.75, 3.05) is 7.11 Å². The normalized spacial score (nSPS) is 24.1. The predicted octanol–water partition coefficient (Wildman–Crippen LogP) is 1.07. The van der Waals surface area contributed by atoms with Gasteiger partial charge in [-0.05, 0) is 24.1 Å². The SMILES string of the molecule is COc1ccc(CN2C(=O)C3CC3C2=O)cc1C#N. The first-order valence-corrected chi connectivity index (χ1v) is 6.08. The van der Waals surface area contributed by atoms with Crippen LogP contribution >= 0.6 is 0 Å². The molecule has 19 heavy (non-hydrogen) atoms. The minimum Gasteiger partial charge on any atom is -0.495 e. The highest BCUT2D eigenvalue weighted by atomic mass is 16.5. The molecule has 0 radical (unpaired) electrons. The van der Waals surface area contributed by atoms with Gasteiger partial charge in [-0.3, -0.25) is 14.5 Å². The van der Waals surface area contributed by atoms with Gasteiger partial charge in [0.1, 0.15) is 11.8 Å². The summed E-state index contributed by atoms with van der Waals surface area (Å²) in [5.74, 6) is 0.171. The van der Waals surface area contributed by atoms with Gasteiger partial charge < -0.3 is 4.74 Å². The number of methoxy groups -OCH3 is 1. The second-order valence-corrected chi connectivity index (χ2v) is 4.86. The number of amides is 2. The van der Waals surface area contributed by atoms with Gasteiger partial charge in [0.2, 0.25) is 11.8 Å². The minimum atomic E-state index is -0.0822. The average molecular weight is 256 g/mol. The van der Waals surface area contributed by atoms with Crippen molar-refractivity contribution in [2.45, 2.75) is 13.0 Å². The second kappa shape index (κ2) is 4.09. The molecule has 1 saturated carbocycles. The summed E-state index contributed by atoms with van der Waals surface area (Å²) in [5, 5.41) is 9.01. The van der Waals surface area contributed by atoms with Crippen molar-refractivity contribution in [3.8, 4) is 11.8 Å². The number of hydrogen-bond acceptors (Lipinski definition) is 4. The first-order chi connectivity index (χ1) is 9.15. The number of piperidine rings is 1. The maximum absolute atomic E-state index is 11.9. The van der Waals surface area contributed by atoms with Gasteiger partial charge in [0.25, 0.3) is 0 Å². The molecule has 1 aliphatic heterocycles. The number of hydrogen-bond donors (Lipinski definition) is 0. The third kappa shape index (κ3) is 1.76. The van der Waals surface area contributed by atoms with Crippen molar-refractivity contribution in [3.05, 3.63) is 29.3 Å². The van der Waals surface area contributed by atoms with E-state index >= 15 is 0 Å². The Morgan fingerprint density at radius 1 is 1.37 bits per heavy atom. The second-order valence-electron chi connectivity index (χ2n) is 4.86. The van der Waals surface area contributed by atoms with Crippen LogP contribution in [0.5, 0.6) is 5.75 Å². The molecule has 2 atom stereocenters. The zero-order valence-corrected chi connectivity index (χ0v) is 10.4. The summed E-state index contributed by atoms with van der Waals surface area (Å²) in [6.45, 7) is 0.239. The zero-order chi connectivity index (χ0) is 13.6. The van der Waals surface area contributed by atoms with Crippen LogP contribution in [0, 0.1) is 23.2 Å². The summed E-state index contributed by atoms with van der Waals surface area (Å²) in [4.78, 5) is 25.0. The molecule has 0 spiro atoms. The lowest BCUT2D eigenvalue weighted by atomic mass is 10.1. The number of carbonyl (C=O) groups is 2. The van der Waals surface area contributed by atoms with Gasteiger partial charge in [0.15, 0.2) is 0 Å². The molecule has 96 valence electrons. The average Bonchev–Trinajstić information content (AvgIpc) is 3.19. The third-order valence-electron chi connectivity index (χ3n) is 3.68. The first-order valence-electron chi connectivity index (χ1n) is 6.08. The highest BCUT2D eigenvalue weighted by Crippen LogP contribution is 2.47. The smallest absolute Gasteiger partial charge is 0.233 e. The quantitative estimate of drug-likeness (QED) is 0.758. The number of rotatable bonds is 3. The number of benzene rings is 1. The Morgan fingerprint density at radius 2 is 2.05 bits per heavy atom. The molecule has 0 N–H and O–H groups in total. The Hall–Kier alpha value is -2.35. The summed E-state index contributed by atoms with van der Waals surface area (Å²) >= 11 is 0.